The SMILES string of the molecule is CN(Cc1ccco1)C(=O)CN1C2CCC1CC(N)C2. The van der Waals surface area contributed by atoms with E-state index in [4.69, 9.17) is 10.2 Å². The van der Waals surface area contributed by atoms with Gasteiger partial charge in [0.2, 0.25) is 5.91 Å². The van der Waals surface area contributed by atoms with Gasteiger partial charge in [-0.3, -0.25) is 9.69 Å². The van der Waals surface area contributed by atoms with Crippen LogP contribution < -0.4 is 5.73 Å². The largest absolute Gasteiger partial charge is 0.467 e. The van der Waals surface area contributed by atoms with Gasteiger partial charge in [0.15, 0.2) is 0 Å². The summed E-state index contributed by atoms with van der Waals surface area (Å²) < 4.78 is 5.29. The lowest BCUT2D eigenvalue weighted by molar-refractivity contribution is -0.133. The lowest BCUT2D eigenvalue weighted by atomic mass is 9.98. The van der Waals surface area contributed by atoms with E-state index in [-0.39, 0.29) is 5.91 Å². The Hall–Kier alpha value is -1.33. The molecule has 0 spiro atoms. The van der Waals surface area contributed by atoms with Crippen LogP contribution in [0.2, 0.25) is 0 Å². The second-order valence-corrected chi connectivity index (χ2v) is 6.12. The van der Waals surface area contributed by atoms with Crippen LogP contribution >= 0.6 is 0 Å². The van der Waals surface area contributed by atoms with Crippen molar-refractivity contribution in [1.82, 2.24) is 9.80 Å². The first-order valence-electron chi connectivity index (χ1n) is 7.41. The van der Waals surface area contributed by atoms with Gasteiger partial charge in [0.1, 0.15) is 5.76 Å². The van der Waals surface area contributed by atoms with Crippen LogP contribution in [0, 0.1) is 0 Å². The van der Waals surface area contributed by atoms with Crippen molar-refractivity contribution in [3.63, 3.8) is 0 Å². The standard InChI is InChI=1S/C15H23N3O2/c1-17(9-14-3-2-6-20-14)15(19)10-18-12-4-5-13(18)8-11(16)7-12/h2-3,6,11-13H,4-5,7-10,16H2,1H3. The van der Waals surface area contributed by atoms with E-state index in [2.05, 4.69) is 4.90 Å². The van der Waals surface area contributed by atoms with Gasteiger partial charge in [-0.2, -0.15) is 0 Å². The van der Waals surface area contributed by atoms with E-state index in [0.29, 0.717) is 31.2 Å². The van der Waals surface area contributed by atoms with Gasteiger partial charge in [-0.15, -0.1) is 0 Å². The summed E-state index contributed by atoms with van der Waals surface area (Å²) in [5.74, 6) is 0.984. The predicted octanol–water partition coefficient (Wildman–Crippen LogP) is 1.19. The third kappa shape index (κ3) is 2.74. The number of nitrogens with two attached hydrogens (primary N) is 1. The minimum atomic E-state index is 0.161. The minimum Gasteiger partial charge on any atom is -0.467 e. The number of hydrogen-bond acceptors (Lipinski definition) is 4. The topological polar surface area (TPSA) is 62.7 Å². The number of carbonyl (C=O) groups excluding carboxylic acids is 1. The highest BCUT2D eigenvalue weighted by Gasteiger charge is 2.40. The molecule has 2 atom stereocenters. The number of rotatable bonds is 4. The Labute approximate surface area is 119 Å². The molecule has 110 valence electrons. The summed E-state index contributed by atoms with van der Waals surface area (Å²) in [5.41, 5.74) is 6.06. The molecule has 2 bridgehead atoms. The Morgan fingerprint density at radius 3 is 2.75 bits per heavy atom. The number of furan rings is 1. The molecule has 20 heavy (non-hydrogen) atoms. The molecule has 0 radical (unpaired) electrons. The maximum absolute atomic E-state index is 12.3. The Balaban J connectivity index is 1.56. The van der Waals surface area contributed by atoms with E-state index in [1.807, 2.05) is 19.2 Å². The van der Waals surface area contributed by atoms with E-state index in [0.717, 1.165) is 18.6 Å². The third-order valence-corrected chi connectivity index (χ3v) is 4.64. The minimum absolute atomic E-state index is 0.161. The van der Waals surface area contributed by atoms with Crippen LogP contribution in [0.25, 0.3) is 0 Å². The summed E-state index contributed by atoms with van der Waals surface area (Å²) >= 11 is 0. The summed E-state index contributed by atoms with van der Waals surface area (Å²) in [6.45, 7) is 1.05. The molecule has 0 aromatic carbocycles. The van der Waals surface area contributed by atoms with Gasteiger partial charge >= 0.3 is 0 Å². The quantitative estimate of drug-likeness (QED) is 0.898. The molecule has 1 aromatic rings. The first-order valence-corrected chi connectivity index (χ1v) is 7.41. The lowest BCUT2D eigenvalue weighted by Gasteiger charge is -2.37. The number of piperidine rings is 1. The summed E-state index contributed by atoms with van der Waals surface area (Å²) in [6, 6.07) is 5.07. The van der Waals surface area contributed by atoms with Crippen LogP contribution in [-0.2, 0) is 11.3 Å². The average molecular weight is 277 g/mol. The summed E-state index contributed by atoms with van der Waals surface area (Å²) in [6.07, 6.45) is 6.08. The molecule has 2 N–H and O–H groups in total. The molecular formula is C15H23N3O2. The van der Waals surface area contributed by atoms with Gasteiger partial charge in [0.05, 0.1) is 19.4 Å². The fourth-order valence-corrected chi connectivity index (χ4v) is 3.58. The number of likely N-dealkylation sites (N-methyl/N-ethyl adjacent to an activating group) is 1. The van der Waals surface area contributed by atoms with Crippen LogP contribution in [0.5, 0.6) is 0 Å². The number of carbonyl (C=O) groups is 1. The molecule has 3 rings (SSSR count). The second-order valence-electron chi connectivity index (χ2n) is 6.12. The van der Waals surface area contributed by atoms with Crippen molar-refractivity contribution in [3.05, 3.63) is 24.2 Å². The van der Waals surface area contributed by atoms with Crippen molar-refractivity contribution in [2.45, 2.75) is 50.4 Å². The monoisotopic (exact) mass is 277 g/mol. The normalized spacial score (nSPS) is 29.6. The molecule has 5 heteroatoms. The molecule has 2 aliphatic heterocycles. The number of hydrogen-bond donors (Lipinski definition) is 1. The third-order valence-electron chi connectivity index (χ3n) is 4.64. The van der Waals surface area contributed by atoms with E-state index >= 15 is 0 Å². The van der Waals surface area contributed by atoms with E-state index in [1.54, 1.807) is 11.2 Å². The summed E-state index contributed by atoms with van der Waals surface area (Å²) in [7, 11) is 1.84. The fourth-order valence-electron chi connectivity index (χ4n) is 3.58. The lowest BCUT2D eigenvalue weighted by Crippen LogP contribution is -2.50. The van der Waals surface area contributed by atoms with Crippen LogP contribution in [0.15, 0.2) is 22.8 Å². The number of fused-ring (bicyclic) bond motifs is 2. The molecular weight excluding hydrogens is 254 g/mol. The Kier molecular flexibility index (Phi) is 3.81. The molecule has 3 heterocycles. The van der Waals surface area contributed by atoms with Crippen molar-refractivity contribution in [2.24, 2.45) is 5.73 Å². The maximum Gasteiger partial charge on any atom is 0.236 e. The van der Waals surface area contributed by atoms with Crippen LogP contribution in [0.4, 0.5) is 0 Å². The Bertz CT molecular complexity index is 446. The van der Waals surface area contributed by atoms with E-state index < -0.39 is 0 Å². The van der Waals surface area contributed by atoms with Crippen LogP contribution in [0.1, 0.15) is 31.4 Å². The van der Waals surface area contributed by atoms with Crippen molar-refractivity contribution in [1.29, 1.82) is 0 Å². The van der Waals surface area contributed by atoms with Crippen LogP contribution in [-0.4, -0.2) is 47.4 Å². The molecule has 0 saturated carbocycles. The molecule has 5 nitrogen and oxygen atoms in total. The highest BCUT2D eigenvalue weighted by atomic mass is 16.3. The zero-order valence-electron chi connectivity index (χ0n) is 12.0. The van der Waals surface area contributed by atoms with Crippen molar-refractivity contribution in [3.8, 4) is 0 Å². The second kappa shape index (κ2) is 5.58. The first-order chi connectivity index (χ1) is 9.63. The Morgan fingerprint density at radius 2 is 2.15 bits per heavy atom. The van der Waals surface area contributed by atoms with Crippen molar-refractivity contribution >= 4 is 5.91 Å². The number of nitrogens with zero attached hydrogens (tertiary/aromatic N) is 2. The van der Waals surface area contributed by atoms with Gasteiger partial charge in [0, 0.05) is 25.2 Å². The van der Waals surface area contributed by atoms with Crippen molar-refractivity contribution in [2.75, 3.05) is 13.6 Å². The molecule has 2 aliphatic rings. The Morgan fingerprint density at radius 1 is 1.45 bits per heavy atom. The van der Waals surface area contributed by atoms with Crippen LogP contribution in [0.3, 0.4) is 0 Å². The molecule has 2 saturated heterocycles. The van der Waals surface area contributed by atoms with Gasteiger partial charge < -0.3 is 15.1 Å². The average Bonchev–Trinajstić information content (AvgIpc) is 2.98. The van der Waals surface area contributed by atoms with Gasteiger partial charge in [-0.25, -0.2) is 0 Å². The molecule has 0 aliphatic carbocycles. The fraction of sp³-hybridized carbons (Fsp3) is 0.667. The highest BCUT2D eigenvalue weighted by Crippen LogP contribution is 2.34. The summed E-state index contributed by atoms with van der Waals surface area (Å²) in [4.78, 5) is 16.5. The number of amides is 1. The van der Waals surface area contributed by atoms with Gasteiger partial charge in [-0.05, 0) is 37.8 Å². The van der Waals surface area contributed by atoms with Crippen molar-refractivity contribution < 1.29 is 9.21 Å². The van der Waals surface area contributed by atoms with E-state index in [1.165, 1.54) is 12.8 Å². The zero-order valence-corrected chi connectivity index (χ0v) is 12.0. The first kappa shape index (κ1) is 13.6. The molecule has 2 fully saturated rings. The smallest absolute Gasteiger partial charge is 0.236 e. The predicted molar refractivity (Wildman–Crippen MR) is 75.9 cm³/mol. The molecule has 2 unspecified atom stereocenters. The van der Waals surface area contributed by atoms with Gasteiger partial charge in [0.25, 0.3) is 0 Å². The molecule has 1 amide bonds. The van der Waals surface area contributed by atoms with E-state index in [9.17, 15) is 4.79 Å². The van der Waals surface area contributed by atoms with Gasteiger partial charge in [-0.1, -0.05) is 0 Å². The highest BCUT2D eigenvalue weighted by molar-refractivity contribution is 5.78. The molecule has 1 aromatic heterocycles. The zero-order chi connectivity index (χ0) is 14.1. The maximum atomic E-state index is 12.3. The summed E-state index contributed by atoms with van der Waals surface area (Å²) in [5, 5.41) is 0.